The molecule has 0 saturated heterocycles. The molecule has 0 heterocycles. The van der Waals surface area contributed by atoms with E-state index in [9.17, 15) is 9.18 Å². The molecule has 0 radical (unpaired) electrons. The lowest BCUT2D eigenvalue weighted by Crippen LogP contribution is -2.15. The van der Waals surface area contributed by atoms with E-state index >= 15 is 0 Å². The van der Waals surface area contributed by atoms with Crippen molar-refractivity contribution < 1.29 is 9.18 Å². The van der Waals surface area contributed by atoms with Crippen molar-refractivity contribution in [2.75, 3.05) is 0 Å². The summed E-state index contributed by atoms with van der Waals surface area (Å²) in [6.45, 7) is 5.16. The van der Waals surface area contributed by atoms with E-state index in [-0.39, 0.29) is 5.92 Å². The molecule has 0 saturated carbocycles. The van der Waals surface area contributed by atoms with Gasteiger partial charge in [-0.2, -0.15) is 0 Å². The van der Waals surface area contributed by atoms with Crippen molar-refractivity contribution >= 4 is 6.29 Å². The molecule has 1 aromatic carbocycles. The fraction of sp³-hybridized carbons (Fsp3) is 0.500. The van der Waals surface area contributed by atoms with E-state index in [1.807, 2.05) is 31.2 Å². The summed E-state index contributed by atoms with van der Waals surface area (Å²) in [4.78, 5) is 10.4. The summed E-state index contributed by atoms with van der Waals surface area (Å²) in [5.74, 6) is 0.208. The Labute approximate surface area is 96.7 Å². The van der Waals surface area contributed by atoms with Gasteiger partial charge in [-0.15, -0.1) is 0 Å². The van der Waals surface area contributed by atoms with Gasteiger partial charge in [0, 0.05) is 12.8 Å². The van der Waals surface area contributed by atoms with Crippen LogP contribution in [-0.2, 0) is 11.2 Å². The highest BCUT2D eigenvalue weighted by Gasteiger charge is 2.16. The second kappa shape index (κ2) is 5.24. The Bertz CT molecular complexity index is 352. The molecule has 0 aliphatic rings. The first-order valence-corrected chi connectivity index (χ1v) is 5.64. The summed E-state index contributed by atoms with van der Waals surface area (Å²) in [5.41, 5.74) is 0.906. The number of benzene rings is 1. The van der Waals surface area contributed by atoms with Crippen LogP contribution in [0.15, 0.2) is 24.3 Å². The molecule has 1 nitrogen and oxygen atoms in total. The van der Waals surface area contributed by atoms with Crippen molar-refractivity contribution in [2.45, 2.75) is 45.2 Å². The second-order valence-corrected chi connectivity index (χ2v) is 4.94. The smallest absolute Gasteiger partial charge is 0.120 e. The van der Waals surface area contributed by atoms with Crippen molar-refractivity contribution in [1.82, 2.24) is 0 Å². The van der Waals surface area contributed by atoms with Crippen LogP contribution >= 0.6 is 0 Å². The van der Waals surface area contributed by atoms with Gasteiger partial charge in [0.15, 0.2) is 0 Å². The molecule has 0 spiro atoms. The number of carbonyl (C=O) groups excluding carboxylic acids is 1. The molecular weight excluding hydrogens is 203 g/mol. The SMILES string of the molecule is CC(CC=O)c1cccc(CC(C)(C)F)c1. The highest BCUT2D eigenvalue weighted by molar-refractivity contribution is 5.51. The second-order valence-electron chi connectivity index (χ2n) is 4.94. The van der Waals surface area contributed by atoms with E-state index < -0.39 is 5.67 Å². The van der Waals surface area contributed by atoms with Crippen molar-refractivity contribution in [1.29, 1.82) is 0 Å². The van der Waals surface area contributed by atoms with Gasteiger partial charge in [0.1, 0.15) is 12.0 Å². The maximum Gasteiger partial charge on any atom is 0.120 e. The molecular formula is C14H19FO. The Morgan fingerprint density at radius 2 is 2.12 bits per heavy atom. The predicted octanol–water partition coefficient (Wildman–Crippen LogP) is 3.67. The molecule has 1 atom stereocenters. The Balaban J connectivity index is 2.82. The average molecular weight is 222 g/mol. The third kappa shape index (κ3) is 4.13. The third-order valence-electron chi connectivity index (χ3n) is 2.59. The quantitative estimate of drug-likeness (QED) is 0.695. The topological polar surface area (TPSA) is 17.1 Å². The molecule has 1 aromatic rings. The number of hydrogen-bond donors (Lipinski definition) is 0. The van der Waals surface area contributed by atoms with Gasteiger partial charge in [-0.1, -0.05) is 31.2 Å². The molecule has 0 amide bonds. The molecule has 2 heteroatoms. The number of rotatable bonds is 5. The zero-order valence-corrected chi connectivity index (χ0v) is 10.2. The van der Waals surface area contributed by atoms with Gasteiger partial charge in [0.2, 0.25) is 0 Å². The van der Waals surface area contributed by atoms with Crippen LogP contribution in [0.5, 0.6) is 0 Å². The van der Waals surface area contributed by atoms with Gasteiger partial charge < -0.3 is 4.79 Å². The fourth-order valence-electron chi connectivity index (χ4n) is 1.78. The Morgan fingerprint density at radius 1 is 1.44 bits per heavy atom. The maximum absolute atomic E-state index is 13.5. The lowest BCUT2D eigenvalue weighted by molar-refractivity contribution is -0.108. The number of halogens is 1. The first-order valence-electron chi connectivity index (χ1n) is 5.64. The van der Waals surface area contributed by atoms with Crippen LogP contribution in [0.3, 0.4) is 0 Å². The first kappa shape index (κ1) is 12.9. The largest absolute Gasteiger partial charge is 0.303 e. The number of hydrogen-bond acceptors (Lipinski definition) is 1. The van der Waals surface area contributed by atoms with Crippen LogP contribution in [0.25, 0.3) is 0 Å². The highest BCUT2D eigenvalue weighted by atomic mass is 19.1. The lowest BCUT2D eigenvalue weighted by atomic mass is 9.93. The van der Waals surface area contributed by atoms with E-state index in [1.165, 1.54) is 0 Å². The summed E-state index contributed by atoms with van der Waals surface area (Å²) in [6.07, 6.45) is 1.85. The average Bonchev–Trinajstić information content (AvgIpc) is 2.16. The zero-order valence-electron chi connectivity index (χ0n) is 10.2. The van der Waals surface area contributed by atoms with Crippen LogP contribution in [0.4, 0.5) is 4.39 Å². The first-order chi connectivity index (χ1) is 7.42. The Hall–Kier alpha value is -1.18. The summed E-state index contributed by atoms with van der Waals surface area (Å²) >= 11 is 0. The van der Waals surface area contributed by atoms with Crippen molar-refractivity contribution in [3.63, 3.8) is 0 Å². The molecule has 0 aliphatic heterocycles. The van der Waals surface area contributed by atoms with Gasteiger partial charge in [-0.05, 0) is 30.9 Å². The van der Waals surface area contributed by atoms with Gasteiger partial charge in [-0.3, -0.25) is 0 Å². The summed E-state index contributed by atoms with van der Waals surface area (Å²) in [6, 6.07) is 7.84. The van der Waals surface area contributed by atoms with E-state index in [2.05, 4.69) is 0 Å². The Kier molecular flexibility index (Phi) is 4.22. The van der Waals surface area contributed by atoms with Crippen molar-refractivity contribution in [3.8, 4) is 0 Å². The van der Waals surface area contributed by atoms with Gasteiger partial charge in [0.05, 0.1) is 0 Å². The molecule has 1 rings (SSSR count). The summed E-state index contributed by atoms with van der Waals surface area (Å²) in [7, 11) is 0. The van der Waals surface area contributed by atoms with Crippen molar-refractivity contribution in [3.05, 3.63) is 35.4 Å². The molecule has 0 N–H and O–H groups in total. The minimum Gasteiger partial charge on any atom is -0.303 e. The van der Waals surface area contributed by atoms with Crippen LogP contribution in [-0.4, -0.2) is 12.0 Å². The van der Waals surface area contributed by atoms with E-state index in [4.69, 9.17) is 0 Å². The number of alkyl halides is 1. The number of carbonyl (C=O) groups is 1. The standard InChI is InChI=1S/C14H19FO/c1-11(7-8-16)13-6-4-5-12(9-13)10-14(2,3)15/h4-6,8-9,11H,7,10H2,1-3H3. The Morgan fingerprint density at radius 3 is 2.69 bits per heavy atom. The molecule has 0 aliphatic carbocycles. The fourth-order valence-corrected chi connectivity index (χ4v) is 1.78. The van der Waals surface area contributed by atoms with E-state index in [0.717, 1.165) is 17.4 Å². The van der Waals surface area contributed by atoms with Crippen LogP contribution in [0.2, 0.25) is 0 Å². The molecule has 0 aromatic heterocycles. The highest BCUT2D eigenvalue weighted by Crippen LogP contribution is 2.22. The summed E-state index contributed by atoms with van der Waals surface area (Å²) < 4.78 is 13.5. The molecule has 0 fully saturated rings. The van der Waals surface area contributed by atoms with Crippen LogP contribution < -0.4 is 0 Å². The molecule has 88 valence electrons. The lowest BCUT2D eigenvalue weighted by Gasteiger charge is -2.16. The molecule has 0 bridgehead atoms. The maximum atomic E-state index is 13.5. The zero-order chi connectivity index (χ0) is 12.2. The van der Waals surface area contributed by atoms with Crippen LogP contribution in [0, 0.1) is 0 Å². The van der Waals surface area contributed by atoms with Crippen LogP contribution in [0.1, 0.15) is 44.2 Å². The minimum atomic E-state index is -1.19. The van der Waals surface area contributed by atoms with E-state index in [1.54, 1.807) is 13.8 Å². The molecule has 16 heavy (non-hydrogen) atoms. The molecule has 1 unspecified atom stereocenters. The van der Waals surface area contributed by atoms with Gasteiger partial charge in [0.25, 0.3) is 0 Å². The van der Waals surface area contributed by atoms with Gasteiger partial charge in [-0.25, -0.2) is 4.39 Å². The minimum absolute atomic E-state index is 0.208. The van der Waals surface area contributed by atoms with Gasteiger partial charge >= 0.3 is 0 Å². The number of aldehydes is 1. The van der Waals surface area contributed by atoms with E-state index in [0.29, 0.717) is 12.8 Å². The predicted molar refractivity (Wildman–Crippen MR) is 64.4 cm³/mol. The normalized spacial score (nSPS) is 13.5. The monoisotopic (exact) mass is 222 g/mol. The summed E-state index contributed by atoms with van der Waals surface area (Å²) in [5, 5.41) is 0. The van der Waals surface area contributed by atoms with Crippen molar-refractivity contribution in [2.24, 2.45) is 0 Å². The third-order valence-corrected chi connectivity index (χ3v) is 2.59.